The molecule has 134 valence electrons. The Bertz CT molecular complexity index is 569. The van der Waals surface area contributed by atoms with Gasteiger partial charge in [0, 0.05) is 25.0 Å². The summed E-state index contributed by atoms with van der Waals surface area (Å²) in [6, 6.07) is 3.79. The van der Waals surface area contributed by atoms with Crippen molar-refractivity contribution in [1.82, 2.24) is 10.3 Å². The van der Waals surface area contributed by atoms with E-state index in [-0.39, 0.29) is 48.6 Å². The van der Waals surface area contributed by atoms with E-state index in [0.717, 1.165) is 31.6 Å². The minimum Gasteiger partial charge on any atom is -0.353 e. The van der Waals surface area contributed by atoms with E-state index in [1.54, 1.807) is 6.20 Å². The monoisotopic (exact) mass is 375 g/mol. The number of nitrogens with one attached hydrogen (secondary N) is 2. The maximum absolute atomic E-state index is 12.1. The zero-order valence-electron chi connectivity index (χ0n) is 13.2. The Morgan fingerprint density at radius 3 is 2.71 bits per heavy atom. The van der Waals surface area contributed by atoms with Crippen molar-refractivity contribution in [3.63, 3.8) is 0 Å². The highest BCUT2D eigenvalue weighted by molar-refractivity contribution is 5.92. The second kappa shape index (κ2) is 9.05. The van der Waals surface area contributed by atoms with Crippen LogP contribution < -0.4 is 21.3 Å². The second-order valence-corrected chi connectivity index (χ2v) is 5.94. The van der Waals surface area contributed by atoms with Gasteiger partial charge < -0.3 is 21.3 Å². The zero-order chi connectivity index (χ0) is 15.5. The molecule has 2 amide bonds. The van der Waals surface area contributed by atoms with Crippen LogP contribution in [0.3, 0.4) is 0 Å². The van der Waals surface area contributed by atoms with Crippen molar-refractivity contribution in [2.75, 3.05) is 29.9 Å². The Kier molecular flexibility index (Phi) is 7.72. The number of hydrogen-bond acceptors (Lipinski definition) is 5. The van der Waals surface area contributed by atoms with Gasteiger partial charge in [-0.2, -0.15) is 0 Å². The molecule has 2 heterocycles. The summed E-state index contributed by atoms with van der Waals surface area (Å²) in [4.78, 5) is 29.8. The molecule has 1 saturated heterocycles. The SMILES string of the molecule is Cl.Cl.NC1CCC(C(=O)Nc2ccc(N3CCNC(=O)C3)nc2)C1. The number of pyridine rings is 1. The number of anilines is 2. The van der Waals surface area contributed by atoms with Gasteiger partial charge in [0.25, 0.3) is 0 Å². The van der Waals surface area contributed by atoms with Crippen molar-refractivity contribution in [3.05, 3.63) is 18.3 Å². The van der Waals surface area contributed by atoms with E-state index in [2.05, 4.69) is 15.6 Å². The van der Waals surface area contributed by atoms with Gasteiger partial charge >= 0.3 is 0 Å². The van der Waals surface area contributed by atoms with Crippen molar-refractivity contribution in [1.29, 1.82) is 0 Å². The van der Waals surface area contributed by atoms with Crippen LogP contribution in [0.4, 0.5) is 11.5 Å². The van der Waals surface area contributed by atoms with E-state index in [1.165, 1.54) is 0 Å². The first-order valence-electron chi connectivity index (χ1n) is 7.66. The summed E-state index contributed by atoms with van der Waals surface area (Å²) < 4.78 is 0. The van der Waals surface area contributed by atoms with E-state index >= 15 is 0 Å². The van der Waals surface area contributed by atoms with Crippen LogP contribution in [-0.2, 0) is 9.59 Å². The topological polar surface area (TPSA) is 100 Å². The van der Waals surface area contributed by atoms with Gasteiger partial charge in [-0.1, -0.05) is 0 Å². The Hall–Kier alpha value is -1.57. The number of carbonyl (C=O) groups is 2. The minimum atomic E-state index is 0. The van der Waals surface area contributed by atoms with Crippen LogP contribution in [0.5, 0.6) is 0 Å². The molecule has 1 aromatic heterocycles. The van der Waals surface area contributed by atoms with Crippen molar-refractivity contribution < 1.29 is 9.59 Å². The molecule has 2 aliphatic rings. The maximum Gasteiger partial charge on any atom is 0.239 e. The van der Waals surface area contributed by atoms with E-state index < -0.39 is 0 Å². The molecule has 1 saturated carbocycles. The predicted molar refractivity (Wildman–Crippen MR) is 97.9 cm³/mol. The predicted octanol–water partition coefficient (Wildman–Crippen LogP) is 0.927. The fourth-order valence-electron chi connectivity index (χ4n) is 2.98. The number of nitrogens with two attached hydrogens (primary N) is 1. The van der Waals surface area contributed by atoms with Crippen LogP contribution in [0.25, 0.3) is 0 Å². The number of amides is 2. The Morgan fingerprint density at radius 2 is 2.12 bits per heavy atom. The molecule has 2 atom stereocenters. The lowest BCUT2D eigenvalue weighted by molar-refractivity contribution is -0.120. The van der Waals surface area contributed by atoms with Crippen LogP contribution >= 0.6 is 24.8 Å². The van der Waals surface area contributed by atoms with Gasteiger partial charge in [-0.15, -0.1) is 24.8 Å². The van der Waals surface area contributed by atoms with Crippen LogP contribution in [0, 0.1) is 5.92 Å². The summed E-state index contributed by atoms with van der Waals surface area (Å²) in [5, 5.41) is 5.67. The van der Waals surface area contributed by atoms with E-state index in [9.17, 15) is 9.59 Å². The summed E-state index contributed by atoms with van der Waals surface area (Å²) >= 11 is 0. The van der Waals surface area contributed by atoms with Crippen molar-refractivity contribution in [3.8, 4) is 0 Å². The van der Waals surface area contributed by atoms with Crippen LogP contribution in [0.2, 0.25) is 0 Å². The van der Waals surface area contributed by atoms with E-state index in [1.807, 2.05) is 17.0 Å². The molecule has 3 rings (SSSR count). The summed E-state index contributed by atoms with van der Waals surface area (Å²) in [5.41, 5.74) is 6.52. The summed E-state index contributed by atoms with van der Waals surface area (Å²) in [7, 11) is 0. The number of halogens is 2. The van der Waals surface area contributed by atoms with Gasteiger partial charge in [-0.25, -0.2) is 4.98 Å². The fourth-order valence-corrected chi connectivity index (χ4v) is 2.98. The van der Waals surface area contributed by atoms with E-state index in [4.69, 9.17) is 5.73 Å². The molecular formula is C15H23Cl2N5O2. The third-order valence-corrected chi connectivity index (χ3v) is 4.22. The van der Waals surface area contributed by atoms with Gasteiger partial charge in [-0.05, 0) is 31.4 Å². The average molecular weight is 376 g/mol. The first-order valence-corrected chi connectivity index (χ1v) is 7.66. The second-order valence-electron chi connectivity index (χ2n) is 5.94. The molecular weight excluding hydrogens is 353 g/mol. The first-order chi connectivity index (χ1) is 10.6. The molecule has 4 N–H and O–H groups in total. The maximum atomic E-state index is 12.1. The Morgan fingerprint density at radius 1 is 1.33 bits per heavy atom. The molecule has 2 fully saturated rings. The molecule has 0 aromatic carbocycles. The Balaban J connectivity index is 0.00000144. The third-order valence-electron chi connectivity index (χ3n) is 4.22. The fraction of sp³-hybridized carbons (Fsp3) is 0.533. The first kappa shape index (κ1) is 20.5. The van der Waals surface area contributed by atoms with Gasteiger partial charge in [0.15, 0.2) is 0 Å². The molecule has 2 unspecified atom stereocenters. The quantitative estimate of drug-likeness (QED) is 0.729. The molecule has 0 bridgehead atoms. The van der Waals surface area contributed by atoms with Gasteiger partial charge in [0.2, 0.25) is 11.8 Å². The molecule has 24 heavy (non-hydrogen) atoms. The lowest BCUT2D eigenvalue weighted by atomic mass is 10.1. The average Bonchev–Trinajstić information content (AvgIpc) is 2.95. The van der Waals surface area contributed by atoms with Crippen LogP contribution in [-0.4, -0.2) is 42.5 Å². The number of aromatic nitrogens is 1. The normalized spacial score (nSPS) is 22.9. The minimum absolute atomic E-state index is 0. The number of carbonyl (C=O) groups excluding carboxylic acids is 2. The molecule has 9 heteroatoms. The largest absolute Gasteiger partial charge is 0.353 e. The number of piperazine rings is 1. The van der Waals surface area contributed by atoms with Gasteiger partial charge in [0.05, 0.1) is 18.4 Å². The summed E-state index contributed by atoms with van der Waals surface area (Å²) in [6.07, 6.45) is 4.14. The van der Waals surface area contributed by atoms with Crippen LogP contribution in [0.1, 0.15) is 19.3 Å². The molecule has 0 spiro atoms. The number of nitrogens with zero attached hydrogens (tertiary/aromatic N) is 2. The molecule has 1 aliphatic carbocycles. The molecule has 1 aromatic rings. The Labute approximate surface area is 153 Å². The van der Waals surface area contributed by atoms with Crippen LogP contribution in [0.15, 0.2) is 18.3 Å². The highest BCUT2D eigenvalue weighted by Crippen LogP contribution is 2.25. The summed E-state index contributed by atoms with van der Waals surface area (Å²) in [5.74, 6) is 0.763. The van der Waals surface area contributed by atoms with Crippen molar-refractivity contribution in [2.24, 2.45) is 11.7 Å². The van der Waals surface area contributed by atoms with Gasteiger partial charge in [-0.3, -0.25) is 9.59 Å². The lowest BCUT2D eigenvalue weighted by Gasteiger charge is -2.27. The molecule has 1 aliphatic heterocycles. The molecule has 0 radical (unpaired) electrons. The zero-order valence-corrected chi connectivity index (χ0v) is 14.9. The van der Waals surface area contributed by atoms with Crippen molar-refractivity contribution in [2.45, 2.75) is 25.3 Å². The highest BCUT2D eigenvalue weighted by Gasteiger charge is 2.27. The number of hydrogen-bond donors (Lipinski definition) is 3. The molecule has 7 nitrogen and oxygen atoms in total. The highest BCUT2D eigenvalue weighted by atomic mass is 35.5. The smallest absolute Gasteiger partial charge is 0.239 e. The standard InChI is InChI=1S/C15H21N5O2.2ClH/c16-11-2-1-10(7-11)15(22)19-12-3-4-13(18-8-12)20-6-5-17-14(21)9-20;;/h3-4,8,10-11H,1-2,5-7,9,16H2,(H,17,21)(H,19,22);2*1H. The third kappa shape index (κ3) is 4.96. The lowest BCUT2D eigenvalue weighted by Crippen LogP contribution is -2.48. The van der Waals surface area contributed by atoms with Gasteiger partial charge in [0.1, 0.15) is 5.82 Å². The summed E-state index contributed by atoms with van der Waals surface area (Å²) in [6.45, 7) is 1.68. The van der Waals surface area contributed by atoms with E-state index in [0.29, 0.717) is 18.8 Å². The van der Waals surface area contributed by atoms with Crippen molar-refractivity contribution >= 4 is 48.1 Å². The number of rotatable bonds is 3.